The fourth-order valence-corrected chi connectivity index (χ4v) is 2.94. The van der Waals surface area contributed by atoms with Crippen LogP contribution in [0.25, 0.3) is 0 Å². The zero-order chi connectivity index (χ0) is 15.1. The minimum Gasteiger partial charge on any atom is -0.480 e. The van der Waals surface area contributed by atoms with Gasteiger partial charge in [0.1, 0.15) is 6.04 Å². The van der Waals surface area contributed by atoms with E-state index >= 15 is 0 Å². The van der Waals surface area contributed by atoms with Gasteiger partial charge in [0.15, 0.2) is 0 Å². The Hall–Kier alpha value is -1.30. The Morgan fingerprint density at radius 2 is 1.85 bits per heavy atom. The van der Waals surface area contributed by atoms with Crippen LogP contribution in [0, 0.1) is 11.8 Å². The van der Waals surface area contributed by atoms with Crippen molar-refractivity contribution >= 4 is 12.0 Å². The third-order valence-corrected chi connectivity index (χ3v) is 3.73. The van der Waals surface area contributed by atoms with E-state index in [-0.39, 0.29) is 12.5 Å². The van der Waals surface area contributed by atoms with Gasteiger partial charge in [-0.1, -0.05) is 13.8 Å². The van der Waals surface area contributed by atoms with Crippen LogP contribution in [0.4, 0.5) is 4.79 Å². The van der Waals surface area contributed by atoms with Crippen molar-refractivity contribution in [3.05, 3.63) is 0 Å². The first-order valence-corrected chi connectivity index (χ1v) is 7.21. The maximum absolute atomic E-state index is 11.9. The van der Waals surface area contributed by atoms with Crippen LogP contribution < -0.4 is 10.6 Å². The van der Waals surface area contributed by atoms with E-state index in [2.05, 4.69) is 24.5 Å². The molecule has 0 aliphatic heterocycles. The number of carboxylic acids is 1. The minimum atomic E-state index is -1.04. The lowest BCUT2D eigenvalue weighted by molar-refractivity contribution is -0.139. The maximum atomic E-state index is 11.9. The van der Waals surface area contributed by atoms with E-state index in [9.17, 15) is 9.59 Å². The number of methoxy groups -OCH3 is 1. The van der Waals surface area contributed by atoms with Crippen LogP contribution in [0.5, 0.6) is 0 Å². The quantitative estimate of drug-likeness (QED) is 0.692. The number of aliphatic carboxylic acids is 1. The van der Waals surface area contributed by atoms with Crippen LogP contribution in [0.1, 0.15) is 39.5 Å². The van der Waals surface area contributed by atoms with Crippen molar-refractivity contribution in [2.45, 2.75) is 51.6 Å². The van der Waals surface area contributed by atoms with Crippen molar-refractivity contribution in [1.82, 2.24) is 10.6 Å². The number of ether oxygens (including phenoxy) is 1. The Balaban J connectivity index is 2.42. The molecule has 6 nitrogen and oxygen atoms in total. The molecule has 6 heteroatoms. The second-order valence-electron chi connectivity index (χ2n) is 5.90. The van der Waals surface area contributed by atoms with Gasteiger partial charge in [-0.15, -0.1) is 0 Å². The molecule has 2 amide bonds. The fraction of sp³-hybridized carbons (Fsp3) is 0.857. The van der Waals surface area contributed by atoms with Crippen LogP contribution in [-0.4, -0.2) is 42.9 Å². The smallest absolute Gasteiger partial charge is 0.326 e. The largest absolute Gasteiger partial charge is 0.480 e. The lowest BCUT2D eigenvalue weighted by Gasteiger charge is -2.32. The highest BCUT2D eigenvalue weighted by atomic mass is 16.5. The van der Waals surface area contributed by atoms with E-state index in [0.717, 1.165) is 12.8 Å². The minimum absolute atomic E-state index is 0.130. The molecule has 0 radical (unpaired) electrons. The number of hydrogen-bond acceptors (Lipinski definition) is 3. The van der Waals surface area contributed by atoms with Crippen molar-refractivity contribution < 1.29 is 19.4 Å². The Morgan fingerprint density at radius 1 is 1.25 bits per heavy atom. The fourth-order valence-electron chi connectivity index (χ4n) is 2.94. The molecule has 1 aliphatic rings. The molecule has 0 bridgehead atoms. The van der Waals surface area contributed by atoms with Gasteiger partial charge in [0.2, 0.25) is 0 Å². The van der Waals surface area contributed by atoms with Gasteiger partial charge < -0.3 is 20.5 Å². The van der Waals surface area contributed by atoms with E-state index in [0.29, 0.717) is 18.4 Å². The van der Waals surface area contributed by atoms with Crippen molar-refractivity contribution in [1.29, 1.82) is 0 Å². The van der Waals surface area contributed by atoms with Gasteiger partial charge in [0, 0.05) is 26.2 Å². The molecule has 1 fully saturated rings. The van der Waals surface area contributed by atoms with Gasteiger partial charge in [-0.2, -0.15) is 0 Å². The van der Waals surface area contributed by atoms with Gasteiger partial charge in [-0.3, -0.25) is 0 Å². The molecule has 0 aromatic heterocycles. The molecule has 0 heterocycles. The zero-order valence-corrected chi connectivity index (χ0v) is 12.5. The molecule has 0 spiro atoms. The van der Waals surface area contributed by atoms with E-state index < -0.39 is 18.0 Å². The number of carboxylic acid groups (broad SMARTS) is 1. The summed E-state index contributed by atoms with van der Waals surface area (Å²) in [5.41, 5.74) is 0. The van der Waals surface area contributed by atoms with E-state index in [4.69, 9.17) is 9.84 Å². The molecule has 1 rings (SSSR count). The molecule has 1 aliphatic carbocycles. The van der Waals surface area contributed by atoms with Crippen LogP contribution in [0.2, 0.25) is 0 Å². The molecule has 0 aromatic carbocycles. The summed E-state index contributed by atoms with van der Waals surface area (Å²) in [4.78, 5) is 22.9. The van der Waals surface area contributed by atoms with Crippen molar-refractivity contribution in [3.8, 4) is 0 Å². The molecule has 3 atom stereocenters. The maximum Gasteiger partial charge on any atom is 0.326 e. The molecule has 116 valence electrons. The number of carbonyl (C=O) groups is 2. The summed E-state index contributed by atoms with van der Waals surface area (Å²) in [5, 5.41) is 14.4. The number of hydrogen-bond donors (Lipinski definition) is 3. The standard InChI is InChI=1S/C14H26N2O4/c1-9-6-10(2)8-11(7-9)15-14(19)16-12(13(17)18)4-5-20-3/h9-12H,4-8H2,1-3H3,(H,17,18)(H2,15,16,19). The van der Waals surface area contributed by atoms with Gasteiger partial charge in [0.25, 0.3) is 0 Å². The molecule has 1 saturated carbocycles. The lowest BCUT2D eigenvalue weighted by atomic mass is 9.80. The highest BCUT2D eigenvalue weighted by molar-refractivity contribution is 5.82. The molecule has 0 saturated heterocycles. The van der Waals surface area contributed by atoms with Gasteiger partial charge >= 0.3 is 12.0 Å². The van der Waals surface area contributed by atoms with E-state index in [1.807, 2.05) is 0 Å². The normalized spacial score (nSPS) is 27.6. The van der Waals surface area contributed by atoms with Crippen molar-refractivity contribution in [3.63, 3.8) is 0 Å². The van der Waals surface area contributed by atoms with Crippen LogP contribution in [-0.2, 0) is 9.53 Å². The third kappa shape index (κ3) is 5.77. The number of nitrogens with one attached hydrogen (secondary N) is 2. The summed E-state index contributed by atoms with van der Waals surface area (Å²) < 4.78 is 4.85. The average Bonchev–Trinajstić information content (AvgIpc) is 2.32. The monoisotopic (exact) mass is 286 g/mol. The first-order chi connectivity index (χ1) is 9.42. The van der Waals surface area contributed by atoms with Gasteiger partial charge in [0.05, 0.1) is 0 Å². The third-order valence-electron chi connectivity index (χ3n) is 3.73. The first kappa shape index (κ1) is 16.8. The SMILES string of the molecule is COCCC(NC(=O)NC1CC(C)CC(C)C1)C(=O)O. The van der Waals surface area contributed by atoms with Crippen molar-refractivity contribution in [2.24, 2.45) is 11.8 Å². The highest BCUT2D eigenvalue weighted by Gasteiger charge is 2.26. The van der Waals surface area contributed by atoms with E-state index in [1.54, 1.807) is 0 Å². The Labute approximate surface area is 120 Å². The molecule has 20 heavy (non-hydrogen) atoms. The zero-order valence-electron chi connectivity index (χ0n) is 12.5. The second-order valence-corrected chi connectivity index (χ2v) is 5.90. The van der Waals surface area contributed by atoms with E-state index in [1.165, 1.54) is 13.5 Å². The summed E-state index contributed by atoms with van der Waals surface area (Å²) in [6.45, 7) is 4.66. The predicted octanol–water partition coefficient (Wildman–Crippen LogP) is 1.60. The van der Waals surface area contributed by atoms with Crippen molar-refractivity contribution in [2.75, 3.05) is 13.7 Å². The Bertz CT molecular complexity index is 325. The summed E-state index contributed by atoms with van der Waals surface area (Å²) in [6, 6.07) is -1.18. The number of amides is 2. The lowest BCUT2D eigenvalue weighted by Crippen LogP contribution is -2.50. The highest BCUT2D eigenvalue weighted by Crippen LogP contribution is 2.28. The molecular weight excluding hydrogens is 260 g/mol. The van der Waals surface area contributed by atoms with Crippen LogP contribution in [0.3, 0.4) is 0 Å². The summed E-state index contributed by atoms with van der Waals surface area (Å²) in [7, 11) is 1.50. The van der Waals surface area contributed by atoms with Gasteiger partial charge in [-0.05, 0) is 31.1 Å². The topological polar surface area (TPSA) is 87.7 Å². The number of rotatable bonds is 6. The van der Waals surface area contributed by atoms with Crippen LogP contribution in [0.15, 0.2) is 0 Å². The predicted molar refractivity (Wildman–Crippen MR) is 75.6 cm³/mol. The van der Waals surface area contributed by atoms with Gasteiger partial charge in [-0.25, -0.2) is 9.59 Å². The summed E-state index contributed by atoms with van der Waals surface area (Å²) in [5.74, 6) is 0.142. The summed E-state index contributed by atoms with van der Waals surface area (Å²) >= 11 is 0. The van der Waals surface area contributed by atoms with Crippen LogP contribution >= 0.6 is 0 Å². The first-order valence-electron chi connectivity index (χ1n) is 7.21. The average molecular weight is 286 g/mol. The number of carbonyl (C=O) groups excluding carboxylic acids is 1. The Morgan fingerprint density at radius 3 is 2.35 bits per heavy atom. The molecule has 3 unspecified atom stereocenters. The summed E-state index contributed by atoms with van der Waals surface area (Å²) in [6.07, 6.45) is 3.35. The molecular formula is C14H26N2O4. The molecule has 3 N–H and O–H groups in total. The second kappa shape index (κ2) is 8.09. The Kier molecular flexibility index (Phi) is 6.78. The number of urea groups is 1. The molecule has 0 aromatic rings.